The average Bonchev–Trinajstić information content (AvgIpc) is 2.45. The second kappa shape index (κ2) is 7.61. The van der Waals surface area contributed by atoms with Gasteiger partial charge in [-0.2, -0.15) is 0 Å². The lowest BCUT2D eigenvalue weighted by Gasteiger charge is -2.29. The number of carbonyl (C=O) groups is 1. The van der Waals surface area contributed by atoms with Crippen LogP contribution < -0.4 is 0 Å². The van der Waals surface area contributed by atoms with E-state index in [9.17, 15) is 9.90 Å². The number of aliphatic hydroxyl groups is 1. The van der Waals surface area contributed by atoms with Gasteiger partial charge in [0.25, 0.3) is 0 Å². The maximum atomic E-state index is 10.9. The third-order valence-corrected chi connectivity index (χ3v) is 3.56. The highest BCUT2D eigenvalue weighted by Gasteiger charge is 2.23. The van der Waals surface area contributed by atoms with Gasteiger partial charge in [-0.1, -0.05) is 20.8 Å². The van der Waals surface area contributed by atoms with Crippen LogP contribution in [0, 0.1) is 5.41 Å². The Morgan fingerprint density at radius 1 is 1.43 bits per heavy atom. The van der Waals surface area contributed by atoms with Crippen LogP contribution in [-0.4, -0.2) is 49.9 Å². The third-order valence-electron chi connectivity index (χ3n) is 3.56. The molecule has 0 aromatic heterocycles. The molecule has 1 atom stereocenters. The lowest BCUT2D eigenvalue weighted by atomic mass is 9.96. The van der Waals surface area contributed by atoms with Crippen LogP contribution in [0.1, 0.15) is 33.6 Å². The van der Waals surface area contributed by atoms with Gasteiger partial charge in [0.15, 0.2) is 6.29 Å². The molecule has 0 heterocycles. The molecular formula is C16H27NO4. The van der Waals surface area contributed by atoms with Crippen molar-refractivity contribution in [3.8, 4) is 0 Å². The van der Waals surface area contributed by atoms with Crippen LogP contribution in [0.15, 0.2) is 23.1 Å². The highest BCUT2D eigenvalue weighted by molar-refractivity contribution is 5.75. The number of methoxy groups -OCH3 is 1. The van der Waals surface area contributed by atoms with Crippen molar-refractivity contribution < 1.29 is 19.4 Å². The zero-order valence-corrected chi connectivity index (χ0v) is 13.7. The smallest absolute Gasteiger partial charge is 0.159 e. The van der Waals surface area contributed by atoms with Crippen LogP contribution in [0.4, 0.5) is 0 Å². The Hall–Kier alpha value is -1.33. The molecular weight excluding hydrogens is 270 g/mol. The molecule has 0 spiro atoms. The van der Waals surface area contributed by atoms with E-state index in [1.807, 2.05) is 33.9 Å². The maximum absolute atomic E-state index is 10.9. The molecule has 0 aromatic rings. The molecule has 0 saturated heterocycles. The van der Waals surface area contributed by atoms with Gasteiger partial charge >= 0.3 is 0 Å². The highest BCUT2D eigenvalue weighted by Crippen LogP contribution is 2.25. The van der Waals surface area contributed by atoms with E-state index in [0.29, 0.717) is 30.9 Å². The van der Waals surface area contributed by atoms with Crippen molar-refractivity contribution in [2.45, 2.75) is 39.9 Å². The van der Waals surface area contributed by atoms with Crippen LogP contribution in [0.25, 0.3) is 0 Å². The standard InChI is InChI=1S/C16H27NO4/c1-16(2,3)15(19)21-9-8-17(4)13-7-6-12(11-18)14(10-13)20-5/h10-11,15,19H,6-9H2,1-5H3. The summed E-state index contributed by atoms with van der Waals surface area (Å²) < 4.78 is 10.7. The fourth-order valence-corrected chi connectivity index (χ4v) is 2.01. The Bertz CT molecular complexity index is 420. The van der Waals surface area contributed by atoms with E-state index < -0.39 is 6.29 Å². The Labute approximate surface area is 127 Å². The fraction of sp³-hybridized carbons (Fsp3) is 0.688. The molecule has 120 valence electrons. The van der Waals surface area contributed by atoms with Gasteiger partial charge in [-0.25, -0.2) is 0 Å². The molecule has 0 aliphatic heterocycles. The Morgan fingerprint density at radius 2 is 2.10 bits per heavy atom. The van der Waals surface area contributed by atoms with E-state index >= 15 is 0 Å². The first kappa shape index (κ1) is 17.7. The van der Waals surface area contributed by atoms with E-state index in [2.05, 4.69) is 4.90 Å². The van der Waals surface area contributed by atoms with Crippen molar-refractivity contribution in [2.75, 3.05) is 27.3 Å². The summed E-state index contributed by atoms with van der Waals surface area (Å²) in [5, 5.41) is 9.83. The Kier molecular flexibility index (Phi) is 6.42. The SMILES string of the molecule is COC1=C(C=O)CCC(N(C)CCOC(O)C(C)(C)C)=C1. The molecule has 1 aliphatic rings. The third kappa shape index (κ3) is 5.17. The summed E-state index contributed by atoms with van der Waals surface area (Å²) >= 11 is 0. The summed E-state index contributed by atoms with van der Waals surface area (Å²) in [7, 11) is 3.54. The van der Waals surface area contributed by atoms with Crippen LogP contribution in [0.3, 0.4) is 0 Å². The van der Waals surface area contributed by atoms with Gasteiger partial charge < -0.3 is 19.5 Å². The summed E-state index contributed by atoms with van der Waals surface area (Å²) in [6, 6.07) is 0. The molecule has 5 nitrogen and oxygen atoms in total. The second-order valence-electron chi connectivity index (χ2n) is 6.36. The number of carbonyl (C=O) groups excluding carboxylic acids is 1. The molecule has 0 amide bonds. The molecule has 0 saturated carbocycles. The van der Waals surface area contributed by atoms with Crippen molar-refractivity contribution in [1.82, 2.24) is 4.90 Å². The molecule has 1 aliphatic carbocycles. The number of hydrogen-bond acceptors (Lipinski definition) is 5. The highest BCUT2D eigenvalue weighted by atomic mass is 16.6. The van der Waals surface area contributed by atoms with Crippen LogP contribution in [-0.2, 0) is 14.3 Å². The summed E-state index contributed by atoms with van der Waals surface area (Å²) in [5.74, 6) is 0.633. The number of allylic oxidation sites excluding steroid dienone is 3. The van der Waals surface area contributed by atoms with Gasteiger partial charge in [-0.3, -0.25) is 4.79 Å². The summed E-state index contributed by atoms with van der Waals surface area (Å²) in [4.78, 5) is 13.0. The average molecular weight is 297 g/mol. The van der Waals surface area contributed by atoms with E-state index in [1.54, 1.807) is 7.11 Å². The quantitative estimate of drug-likeness (QED) is 0.576. The Balaban J connectivity index is 2.53. The minimum absolute atomic E-state index is 0.284. The van der Waals surface area contributed by atoms with Gasteiger partial charge in [0.1, 0.15) is 12.0 Å². The lowest BCUT2D eigenvalue weighted by molar-refractivity contribution is -0.160. The first-order valence-corrected chi connectivity index (χ1v) is 7.23. The monoisotopic (exact) mass is 297 g/mol. The number of hydrogen-bond donors (Lipinski definition) is 1. The van der Waals surface area contributed by atoms with Crippen molar-refractivity contribution in [1.29, 1.82) is 0 Å². The van der Waals surface area contributed by atoms with Gasteiger partial charge in [-0.05, 0) is 18.9 Å². The van der Waals surface area contributed by atoms with Crippen molar-refractivity contribution >= 4 is 6.29 Å². The van der Waals surface area contributed by atoms with Crippen molar-refractivity contribution in [2.24, 2.45) is 5.41 Å². The predicted octanol–water partition coefficient (Wildman–Crippen LogP) is 2.08. The predicted molar refractivity (Wildman–Crippen MR) is 81.5 cm³/mol. The molecule has 1 N–H and O–H groups in total. The largest absolute Gasteiger partial charge is 0.496 e. The van der Waals surface area contributed by atoms with E-state index in [0.717, 1.165) is 18.4 Å². The minimum Gasteiger partial charge on any atom is -0.496 e. The first-order chi connectivity index (χ1) is 9.79. The second-order valence-corrected chi connectivity index (χ2v) is 6.36. The summed E-state index contributed by atoms with van der Waals surface area (Å²) in [6.07, 6.45) is 3.47. The normalized spacial score (nSPS) is 17.3. The topological polar surface area (TPSA) is 59.0 Å². The van der Waals surface area contributed by atoms with Gasteiger partial charge in [0.2, 0.25) is 0 Å². The van der Waals surface area contributed by atoms with Gasteiger partial charge in [0, 0.05) is 30.3 Å². The molecule has 21 heavy (non-hydrogen) atoms. The Morgan fingerprint density at radius 3 is 2.62 bits per heavy atom. The number of aliphatic hydroxyl groups excluding tert-OH is 1. The molecule has 5 heteroatoms. The fourth-order valence-electron chi connectivity index (χ4n) is 2.01. The zero-order valence-electron chi connectivity index (χ0n) is 13.7. The molecule has 0 bridgehead atoms. The molecule has 0 fully saturated rings. The minimum atomic E-state index is -0.776. The van der Waals surface area contributed by atoms with Crippen LogP contribution in [0.2, 0.25) is 0 Å². The van der Waals surface area contributed by atoms with Gasteiger partial charge in [0.05, 0.1) is 13.7 Å². The van der Waals surface area contributed by atoms with Crippen LogP contribution >= 0.6 is 0 Å². The number of rotatable bonds is 7. The van der Waals surface area contributed by atoms with Gasteiger partial charge in [-0.15, -0.1) is 0 Å². The summed E-state index contributed by atoms with van der Waals surface area (Å²) in [6.45, 7) is 6.91. The first-order valence-electron chi connectivity index (χ1n) is 7.23. The van der Waals surface area contributed by atoms with Crippen molar-refractivity contribution in [3.63, 3.8) is 0 Å². The molecule has 0 radical (unpaired) electrons. The van der Waals surface area contributed by atoms with E-state index in [1.165, 1.54) is 0 Å². The summed E-state index contributed by atoms with van der Waals surface area (Å²) in [5.41, 5.74) is 1.52. The van der Waals surface area contributed by atoms with Crippen molar-refractivity contribution in [3.05, 3.63) is 23.1 Å². The maximum Gasteiger partial charge on any atom is 0.159 e. The molecule has 0 aromatic carbocycles. The van der Waals surface area contributed by atoms with E-state index in [-0.39, 0.29) is 5.41 Å². The van der Waals surface area contributed by atoms with E-state index in [4.69, 9.17) is 9.47 Å². The number of nitrogens with zero attached hydrogens (tertiary/aromatic N) is 1. The van der Waals surface area contributed by atoms with Crippen LogP contribution in [0.5, 0.6) is 0 Å². The number of aldehydes is 1. The number of likely N-dealkylation sites (N-methyl/N-ethyl adjacent to an activating group) is 1. The lowest BCUT2D eigenvalue weighted by Crippen LogP contribution is -2.32. The number of ether oxygens (including phenoxy) is 2. The molecule has 1 unspecified atom stereocenters. The zero-order chi connectivity index (χ0) is 16.0. The molecule has 1 rings (SSSR count).